The van der Waals surface area contributed by atoms with Gasteiger partial charge in [0.25, 0.3) is 5.56 Å². The van der Waals surface area contributed by atoms with Crippen LogP contribution in [0, 0.1) is 0 Å². The zero-order chi connectivity index (χ0) is 15.6. The van der Waals surface area contributed by atoms with E-state index >= 15 is 0 Å². The van der Waals surface area contributed by atoms with Gasteiger partial charge in [-0.2, -0.15) is 4.98 Å². The summed E-state index contributed by atoms with van der Waals surface area (Å²) in [6, 6.07) is 0. The molecule has 114 valence electrons. The highest BCUT2D eigenvalue weighted by Crippen LogP contribution is 2.11. The van der Waals surface area contributed by atoms with E-state index in [2.05, 4.69) is 9.97 Å². The fourth-order valence-corrected chi connectivity index (χ4v) is 1.83. The molecule has 0 bridgehead atoms. The lowest BCUT2D eigenvalue weighted by molar-refractivity contribution is -0.0805. The Bertz CT molecular complexity index is 698. The Morgan fingerprint density at radius 2 is 1.95 bits per heavy atom. The number of aliphatic hydroxyl groups is 4. The molecular formula is C11H14N4O6. The molecule has 0 saturated carbocycles. The van der Waals surface area contributed by atoms with Crippen LogP contribution in [-0.4, -0.2) is 64.9 Å². The van der Waals surface area contributed by atoms with Gasteiger partial charge in [-0.1, -0.05) is 0 Å². The first-order valence-corrected chi connectivity index (χ1v) is 6.04. The van der Waals surface area contributed by atoms with Gasteiger partial charge in [-0.3, -0.25) is 9.78 Å². The number of hydrogen-bond donors (Lipinski definition) is 5. The standard InChI is InChI=1S/C11H14N4O6/c16-4-6(18)8(19)5(17)3-15-2-1-12-7-9(15)13-11(21)14-10(7)20/h1-2,5-6,8,16-19H,3-4H2,(H,14,20,21)/t5-,6+,8-/m0/s1. The van der Waals surface area contributed by atoms with Crippen molar-refractivity contribution in [3.05, 3.63) is 33.2 Å². The lowest BCUT2D eigenvalue weighted by Gasteiger charge is -2.23. The van der Waals surface area contributed by atoms with Crippen molar-refractivity contribution in [3.63, 3.8) is 0 Å². The maximum Gasteiger partial charge on any atom is 0.349 e. The number of nitrogens with one attached hydrogen (secondary N) is 1. The molecule has 2 aliphatic rings. The van der Waals surface area contributed by atoms with Crippen molar-refractivity contribution < 1.29 is 20.4 Å². The van der Waals surface area contributed by atoms with Crippen LogP contribution in [0.5, 0.6) is 0 Å². The van der Waals surface area contributed by atoms with Gasteiger partial charge in [0.2, 0.25) is 0 Å². The molecule has 0 unspecified atom stereocenters. The Balaban J connectivity index is 2.35. The van der Waals surface area contributed by atoms with E-state index in [1.165, 1.54) is 17.0 Å². The zero-order valence-electron chi connectivity index (χ0n) is 10.7. The van der Waals surface area contributed by atoms with Crippen LogP contribution in [0.1, 0.15) is 0 Å². The Morgan fingerprint density at radius 1 is 1.24 bits per heavy atom. The van der Waals surface area contributed by atoms with Gasteiger partial charge in [-0.15, -0.1) is 0 Å². The van der Waals surface area contributed by atoms with Crippen LogP contribution in [0.2, 0.25) is 0 Å². The van der Waals surface area contributed by atoms with Gasteiger partial charge in [0, 0.05) is 12.4 Å². The van der Waals surface area contributed by atoms with Crippen molar-refractivity contribution in [1.29, 1.82) is 0 Å². The Labute approximate surface area is 117 Å². The minimum Gasteiger partial charge on any atom is -0.394 e. The third-order valence-electron chi connectivity index (χ3n) is 2.94. The van der Waals surface area contributed by atoms with Gasteiger partial charge < -0.3 is 25.0 Å². The molecule has 0 amide bonds. The van der Waals surface area contributed by atoms with Gasteiger partial charge in [0.15, 0.2) is 11.5 Å². The molecule has 10 heteroatoms. The number of hydrogen-bond acceptors (Lipinski definition) is 8. The van der Waals surface area contributed by atoms with E-state index in [0.717, 1.165) is 0 Å². The van der Waals surface area contributed by atoms with Crippen molar-refractivity contribution >= 4 is 0 Å². The average Bonchev–Trinajstić information content (AvgIpc) is 2.46. The summed E-state index contributed by atoms with van der Waals surface area (Å²) in [6.45, 7) is -0.976. The molecule has 0 fully saturated rings. The molecule has 0 saturated heterocycles. The van der Waals surface area contributed by atoms with E-state index in [-0.39, 0.29) is 18.1 Å². The predicted octanol–water partition coefficient (Wildman–Crippen LogP) is -3.49. The predicted molar refractivity (Wildman–Crippen MR) is 68.6 cm³/mol. The molecule has 0 aliphatic carbocycles. The van der Waals surface area contributed by atoms with Crippen LogP contribution in [-0.2, 0) is 6.54 Å². The fourth-order valence-electron chi connectivity index (χ4n) is 1.83. The van der Waals surface area contributed by atoms with Gasteiger partial charge in [0.1, 0.15) is 18.3 Å². The highest BCUT2D eigenvalue weighted by Gasteiger charge is 2.25. The Hall–Kier alpha value is -2.14. The zero-order valence-corrected chi connectivity index (χ0v) is 10.7. The van der Waals surface area contributed by atoms with Crippen molar-refractivity contribution in [2.45, 2.75) is 24.9 Å². The fraction of sp³-hybridized carbons (Fsp3) is 0.455. The lowest BCUT2D eigenvalue weighted by Crippen LogP contribution is -2.42. The molecule has 5 N–H and O–H groups in total. The number of H-pyrrole nitrogens is 1. The largest absolute Gasteiger partial charge is 0.394 e. The van der Waals surface area contributed by atoms with Gasteiger partial charge in [-0.05, 0) is 0 Å². The van der Waals surface area contributed by atoms with E-state index in [0.29, 0.717) is 0 Å². The number of aromatic nitrogens is 4. The molecule has 3 atom stereocenters. The summed E-state index contributed by atoms with van der Waals surface area (Å²) in [5.74, 6) is -0.0593. The van der Waals surface area contributed by atoms with E-state index in [1.54, 1.807) is 0 Å². The van der Waals surface area contributed by atoms with Crippen LogP contribution >= 0.6 is 0 Å². The normalized spacial score (nSPS) is 15.8. The first-order valence-electron chi connectivity index (χ1n) is 6.04. The average molecular weight is 298 g/mol. The Morgan fingerprint density at radius 3 is 2.62 bits per heavy atom. The molecule has 0 aromatic rings. The number of aromatic amines is 1. The third-order valence-corrected chi connectivity index (χ3v) is 2.94. The second kappa shape index (κ2) is 6.10. The summed E-state index contributed by atoms with van der Waals surface area (Å²) in [4.78, 5) is 32.2. The molecule has 0 radical (unpaired) electrons. The summed E-state index contributed by atoms with van der Waals surface area (Å²) < 4.78 is 1.25. The Kier molecular flexibility index (Phi) is 4.43. The monoisotopic (exact) mass is 298 g/mol. The number of nitrogens with zero attached hydrogens (tertiary/aromatic N) is 3. The molecule has 21 heavy (non-hydrogen) atoms. The molecule has 0 aromatic heterocycles. The summed E-state index contributed by atoms with van der Waals surface area (Å²) in [7, 11) is 0. The molecule has 2 heterocycles. The maximum absolute atomic E-state index is 11.6. The molecule has 0 spiro atoms. The van der Waals surface area contributed by atoms with E-state index < -0.39 is 36.2 Å². The van der Waals surface area contributed by atoms with Crippen molar-refractivity contribution in [2.24, 2.45) is 0 Å². The highest BCUT2D eigenvalue weighted by atomic mass is 16.4. The molecule has 10 nitrogen and oxygen atoms in total. The number of rotatable bonds is 5. The number of aliphatic hydroxyl groups excluding tert-OH is 4. The van der Waals surface area contributed by atoms with Crippen molar-refractivity contribution in [3.8, 4) is 11.5 Å². The lowest BCUT2D eigenvalue weighted by atomic mass is 10.1. The van der Waals surface area contributed by atoms with Crippen molar-refractivity contribution in [2.75, 3.05) is 6.61 Å². The van der Waals surface area contributed by atoms with E-state index in [9.17, 15) is 24.9 Å². The summed E-state index contributed by atoms with van der Waals surface area (Å²) in [6.07, 6.45) is -1.93. The molecule has 2 aliphatic heterocycles. The molecule has 0 aromatic carbocycles. The van der Waals surface area contributed by atoms with Gasteiger partial charge in [-0.25, -0.2) is 9.78 Å². The summed E-state index contributed by atoms with van der Waals surface area (Å²) >= 11 is 0. The second-order valence-corrected chi connectivity index (χ2v) is 4.43. The molecular weight excluding hydrogens is 284 g/mol. The minimum absolute atomic E-state index is 0.0593. The van der Waals surface area contributed by atoms with Crippen molar-refractivity contribution in [1.82, 2.24) is 19.5 Å². The van der Waals surface area contributed by atoms with E-state index in [1.807, 2.05) is 4.98 Å². The quantitative estimate of drug-likeness (QED) is 0.380. The smallest absolute Gasteiger partial charge is 0.349 e. The minimum atomic E-state index is -1.60. The van der Waals surface area contributed by atoms with Crippen LogP contribution in [0.15, 0.2) is 22.0 Å². The summed E-state index contributed by atoms with van der Waals surface area (Å²) in [5.41, 5.74) is -1.68. The van der Waals surface area contributed by atoms with Gasteiger partial charge in [0.05, 0.1) is 13.2 Å². The van der Waals surface area contributed by atoms with Crippen LogP contribution < -0.4 is 11.2 Å². The highest BCUT2D eigenvalue weighted by molar-refractivity contribution is 5.47. The van der Waals surface area contributed by atoms with Crippen LogP contribution in [0.3, 0.4) is 0 Å². The van der Waals surface area contributed by atoms with Crippen LogP contribution in [0.25, 0.3) is 11.5 Å². The van der Waals surface area contributed by atoms with Crippen LogP contribution in [0.4, 0.5) is 0 Å². The van der Waals surface area contributed by atoms with E-state index in [4.69, 9.17) is 5.11 Å². The first-order chi connectivity index (χ1) is 9.93. The van der Waals surface area contributed by atoms with Gasteiger partial charge >= 0.3 is 5.69 Å². The second-order valence-electron chi connectivity index (χ2n) is 4.43. The maximum atomic E-state index is 11.6. The summed E-state index contributed by atoms with van der Waals surface area (Å²) in [5, 5.41) is 37.4. The molecule has 2 rings (SSSR count). The SMILES string of the molecule is O=c1nc2n(C[C@H](O)[C@H](O)[C@H](O)CO)ccnc-2c(=O)[nH]1. The third kappa shape index (κ3) is 3.13. The first kappa shape index (κ1) is 15.3. The topological polar surface area (TPSA) is 162 Å². The number of fused-ring (bicyclic) bond motifs is 1.